The molecule has 2 aliphatic heterocycles. The van der Waals surface area contributed by atoms with Gasteiger partial charge in [-0.05, 0) is 44.1 Å². The molecular weight excluding hydrogens is 338 g/mol. The Labute approximate surface area is 135 Å². The quantitative estimate of drug-likeness (QED) is 0.886. The lowest BCUT2D eigenvalue weighted by molar-refractivity contribution is 0.0373. The Kier molecular flexibility index (Phi) is 4.85. The maximum Gasteiger partial charge on any atom is 0.244 e. The van der Waals surface area contributed by atoms with Crippen LogP contribution in [0.5, 0.6) is 0 Å². The minimum Gasteiger partial charge on any atom is -0.317 e. The van der Waals surface area contributed by atoms with Crippen LogP contribution in [0.2, 0.25) is 5.02 Å². The first kappa shape index (κ1) is 17.0. The second kappa shape index (κ2) is 6.01. The molecule has 8 heteroatoms. The van der Waals surface area contributed by atoms with Crippen LogP contribution in [0.15, 0.2) is 23.1 Å². The predicted molar refractivity (Wildman–Crippen MR) is 82.0 cm³/mol. The van der Waals surface area contributed by atoms with Crippen molar-refractivity contribution in [3.8, 4) is 0 Å². The highest BCUT2D eigenvalue weighted by Crippen LogP contribution is 2.42. The zero-order valence-corrected chi connectivity index (χ0v) is 13.7. The third kappa shape index (κ3) is 3.05. The van der Waals surface area contributed by atoms with Crippen LogP contribution < -0.4 is 5.32 Å². The first-order valence-electron chi connectivity index (χ1n) is 6.59. The highest BCUT2D eigenvalue weighted by molar-refractivity contribution is 7.89. The number of nitrogens with one attached hydrogen (secondary N) is 1. The van der Waals surface area contributed by atoms with Gasteiger partial charge in [-0.3, -0.25) is 0 Å². The molecule has 2 fully saturated rings. The molecule has 21 heavy (non-hydrogen) atoms. The average molecular weight is 355 g/mol. The minimum atomic E-state index is -3.61. The standard InChI is InChI=1S/C13H16ClFN2O2S.ClH/c14-11-7-10(15)1-2-12(11)20(18,19)17-8-13(9-17)3-5-16-6-4-13;/h1-2,7,16H,3-6,8-9H2;1H. The zero-order valence-electron chi connectivity index (χ0n) is 11.3. The molecule has 118 valence electrons. The summed E-state index contributed by atoms with van der Waals surface area (Å²) in [5.74, 6) is -0.535. The highest BCUT2D eigenvalue weighted by Gasteiger charge is 2.48. The van der Waals surface area contributed by atoms with Gasteiger partial charge in [0, 0.05) is 18.5 Å². The van der Waals surface area contributed by atoms with E-state index in [1.54, 1.807) is 0 Å². The van der Waals surface area contributed by atoms with E-state index in [0.717, 1.165) is 38.1 Å². The molecule has 0 unspecified atom stereocenters. The van der Waals surface area contributed by atoms with Crippen LogP contribution in [0.3, 0.4) is 0 Å². The molecule has 3 rings (SSSR count). The van der Waals surface area contributed by atoms with E-state index < -0.39 is 15.8 Å². The highest BCUT2D eigenvalue weighted by atomic mass is 35.5. The smallest absolute Gasteiger partial charge is 0.244 e. The van der Waals surface area contributed by atoms with Gasteiger partial charge in [-0.1, -0.05) is 11.6 Å². The molecule has 2 saturated heterocycles. The summed E-state index contributed by atoms with van der Waals surface area (Å²) >= 11 is 5.86. The number of nitrogens with zero attached hydrogens (tertiary/aromatic N) is 1. The lowest BCUT2D eigenvalue weighted by Gasteiger charge is -2.51. The van der Waals surface area contributed by atoms with Gasteiger partial charge >= 0.3 is 0 Å². The van der Waals surface area contributed by atoms with E-state index in [0.29, 0.717) is 13.1 Å². The Morgan fingerprint density at radius 3 is 2.43 bits per heavy atom. The molecule has 1 spiro atoms. The van der Waals surface area contributed by atoms with Crippen molar-refractivity contribution in [2.45, 2.75) is 17.7 Å². The van der Waals surface area contributed by atoms with Gasteiger partial charge in [-0.15, -0.1) is 12.4 Å². The topological polar surface area (TPSA) is 49.4 Å². The molecule has 0 saturated carbocycles. The number of piperidine rings is 1. The van der Waals surface area contributed by atoms with Crippen LogP contribution in [0.4, 0.5) is 4.39 Å². The van der Waals surface area contributed by atoms with Crippen molar-refractivity contribution in [2.24, 2.45) is 5.41 Å². The van der Waals surface area contributed by atoms with Gasteiger partial charge < -0.3 is 5.32 Å². The van der Waals surface area contributed by atoms with Crippen molar-refractivity contribution in [1.29, 1.82) is 0 Å². The van der Waals surface area contributed by atoms with Crippen LogP contribution in [-0.4, -0.2) is 38.9 Å². The monoisotopic (exact) mass is 354 g/mol. The van der Waals surface area contributed by atoms with Crippen molar-refractivity contribution >= 4 is 34.0 Å². The van der Waals surface area contributed by atoms with E-state index in [-0.39, 0.29) is 27.7 Å². The second-order valence-corrected chi connectivity index (χ2v) is 7.91. The number of hydrogen-bond acceptors (Lipinski definition) is 3. The number of hydrogen-bond donors (Lipinski definition) is 1. The third-order valence-electron chi connectivity index (χ3n) is 4.20. The largest absolute Gasteiger partial charge is 0.317 e. The molecule has 0 amide bonds. The normalized spacial score (nSPS) is 21.6. The van der Waals surface area contributed by atoms with Crippen molar-refractivity contribution in [1.82, 2.24) is 9.62 Å². The van der Waals surface area contributed by atoms with Gasteiger partial charge in [-0.2, -0.15) is 4.31 Å². The molecule has 2 heterocycles. The number of benzene rings is 1. The molecule has 4 nitrogen and oxygen atoms in total. The Balaban J connectivity index is 0.00000161. The maximum atomic E-state index is 13.0. The van der Waals surface area contributed by atoms with Crippen molar-refractivity contribution in [3.05, 3.63) is 29.0 Å². The van der Waals surface area contributed by atoms with Crippen LogP contribution in [0, 0.1) is 11.2 Å². The molecule has 0 bridgehead atoms. The Hall–Kier alpha value is -0.400. The molecule has 1 N–H and O–H groups in total. The second-order valence-electron chi connectivity index (χ2n) is 5.60. The van der Waals surface area contributed by atoms with Gasteiger partial charge in [0.1, 0.15) is 10.7 Å². The molecule has 0 aromatic heterocycles. The first-order chi connectivity index (χ1) is 9.43. The molecule has 1 aromatic carbocycles. The Morgan fingerprint density at radius 1 is 1.24 bits per heavy atom. The van der Waals surface area contributed by atoms with Gasteiger partial charge in [0.05, 0.1) is 5.02 Å². The summed E-state index contributed by atoms with van der Waals surface area (Å²) in [6.45, 7) is 2.94. The third-order valence-corrected chi connectivity index (χ3v) is 6.47. The van der Waals surface area contributed by atoms with E-state index in [9.17, 15) is 12.8 Å². The van der Waals surface area contributed by atoms with Gasteiger partial charge in [0.15, 0.2) is 0 Å². The van der Waals surface area contributed by atoms with Crippen molar-refractivity contribution in [2.75, 3.05) is 26.2 Å². The summed E-state index contributed by atoms with van der Waals surface area (Å²) in [5.41, 5.74) is 0.116. The van der Waals surface area contributed by atoms with Crippen molar-refractivity contribution in [3.63, 3.8) is 0 Å². The van der Waals surface area contributed by atoms with Gasteiger partial charge in [0.2, 0.25) is 10.0 Å². The average Bonchev–Trinajstić information content (AvgIpc) is 2.36. The molecule has 2 aliphatic rings. The van der Waals surface area contributed by atoms with E-state index >= 15 is 0 Å². The summed E-state index contributed by atoms with van der Waals surface area (Å²) in [4.78, 5) is -0.00986. The van der Waals surface area contributed by atoms with Crippen LogP contribution >= 0.6 is 24.0 Å². The molecule has 1 aromatic rings. The van der Waals surface area contributed by atoms with E-state index in [1.807, 2.05) is 0 Å². The fraction of sp³-hybridized carbons (Fsp3) is 0.538. The minimum absolute atomic E-state index is 0. The van der Waals surface area contributed by atoms with Gasteiger partial charge in [-0.25, -0.2) is 12.8 Å². The first-order valence-corrected chi connectivity index (χ1v) is 8.41. The van der Waals surface area contributed by atoms with Crippen LogP contribution in [0.25, 0.3) is 0 Å². The van der Waals surface area contributed by atoms with Crippen molar-refractivity contribution < 1.29 is 12.8 Å². The van der Waals surface area contributed by atoms with Crippen LogP contribution in [-0.2, 0) is 10.0 Å². The van der Waals surface area contributed by atoms with E-state index in [1.165, 1.54) is 10.4 Å². The lowest BCUT2D eigenvalue weighted by Crippen LogP contribution is -2.61. The predicted octanol–water partition coefficient (Wildman–Crippen LogP) is 2.28. The number of rotatable bonds is 2. The fourth-order valence-corrected chi connectivity index (χ4v) is 5.14. The summed E-state index contributed by atoms with van der Waals surface area (Å²) in [7, 11) is -3.61. The SMILES string of the molecule is Cl.O=S(=O)(c1ccc(F)cc1Cl)N1CC2(CCNCC2)C1. The summed E-state index contributed by atoms with van der Waals surface area (Å²) in [5, 5.41) is 3.22. The van der Waals surface area contributed by atoms with Crippen LogP contribution in [0.1, 0.15) is 12.8 Å². The molecular formula is C13H17Cl2FN2O2S. The molecule has 0 aliphatic carbocycles. The fourth-order valence-electron chi connectivity index (χ4n) is 2.97. The van der Waals surface area contributed by atoms with E-state index in [2.05, 4.69) is 5.32 Å². The summed E-state index contributed by atoms with van der Waals surface area (Å²) < 4.78 is 39.4. The van der Waals surface area contributed by atoms with E-state index in [4.69, 9.17) is 11.6 Å². The lowest BCUT2D eigenvalue weighted by atomic mass is 9.74. The maximum absolute atomic E-state index is 13.0. The number of sulfonamides is 1. The molecule has 0 radical (unpaired) electrons. The Bertz CT molecular complexity index is 625. The van der Waals surface area contributed by atoms with Gasteiger partial charge in [0.25, 0.3) is 0 Å². The molecule has 0 atom stereocenters. The summed E-state index contributed by atoms with van der Waals surface area (Å²) in [6.07, 6.45) is 1.99. The summed E-state index contributed by atoms with van der Waals surface area (Å²) in [6, 6.07) is 3.40. The Morgan fingerprint density at radius 2 is 1.86 bits per heavy atom. The zero-order chi connectivity index (χ0) is 14.4. The number of halogens is 3.